The molecule has 2 aromatic rings. The molecule has 2 rings (SSSR count). The molecule has 0 aliphatic rings. The van der Waals surface area contributed by atoms with Gasteiger partial charge in [0.05, 0.1) is 17.9 Å². The monoisotopic (exact) mass is 309 g/mol. The molecule has 21 heavy (non-hydrogen) atoms. The van der Waals surface area contributed by atoms with E-state index in [1.807, 2.05) is 6.92 Å². The highest BCUT2D eigenvalue weighted by Crippen LogP contribution is 2.18. The number of carbonyl (C=O) groups is 2. The molecule has 2 heterocycles. The van der Waals surface area contributed by atoms with Crippen LogP contribution in [0.15, 0.2) is 17.8 Å². The molecule has 1 unspecified atom stereocenters. The first-order chi connectivity index (χ1) is 9.99. The largest absolute Gasteiger partial charge is 0.476 e. The molecule has 0 aliphatic heterocycles. The summed E-state index contributed by atoms with van der Waals surface area (Å²) in [6, 6.07) is -0.783. The van der Waals surface area contributed by atoms with Crippen molar-refractivity contribution < 1.29 is 14.7 Å². The summed E-state index contributed by atoms with van der Waals surface area (Å²) in [5.74, 6) is -1.08. The zero-order valence-electron chi connectivity index (χ0n) is 11.5. The Morgan fingerprint density at radius 3 is 2.86 bits per heavy atom. The number of aryl methyl sites for hydroxylation is 1. The molecule has 0 fully saturated rings. The zero-order valence-corrected chi connectivity index (χ0v) is 12.3. The van der Waals surface area contributed by atoms with Gasteiger partial charge in [-0.2, -0.15) is 5.10 Å². The minimum atomic E-state index is -1.08. The minimum Gasteiger partial charge on any atom is -0.476 e. The molecule has 0 saturated carbocycles. The predicted molar refractivity (Wildman–Crippen MR) is 77.5 cm³/mol. The molecule has 112 valence electrons. The summed E-state index contributed by atoms with van der Waals surface area (Å²) in [4.78, 5) is 26.5. The normalized spacial score (nSPS) is 11.9. The highest BCUT2D eigenvalue weighted by molar-refractivity contribution is 7.09. The molecule has 9 heteroatoms. The van der Waals surface area contributed by atoms with Crippen LogP contribution in [0.1, 0.15) is 35.4 Å². The van der Waals surface area contributed by atoms with E-state index >= 15 is 0 Å². The summed E-state index contributed by atoms with van der Waals surface area (Å²) in [5, 5.41) is 20.2. The van der Waals surface area contributed by atoms with E-state index in [4.69, 9.17) is 5.11 Å². The van der Waals surface area contributed by atoms with Gasteiger partial charge in [-0.25, -0.2) is 14.6 Å². The van der Waals surface area contributed by atoms with Gasteiger partial charge in [0, 0.05) is 18.1 Å². The van der Waals surface area contributed by atoms with E-state index in [-0.39, 0.29) is 11.7 Å². The molecule has 3 N–H and O–H groups in total. The minimum absolute atomic E-state index is 0.0201. The Morgan fingerprint density at radius 2 is 2.29 bits per heavy atom. The number of carboxylic acids is 1. The van der Waals surface area contributed by atoms with Crippen molar-refractivity contribution in [2.24, 2.45) is 0 Å². The van der Waals surface area contributed by atoms with Gasteiger partial charge in [-0.3, -0.25) is 4.68 Å². The second-order valence-corrected chi connectivity index (χ2v) is 5.17. The van der Waals surface area contributed by atoms with E-state index in [0.29, 0.717) is 10.7 Å². The van der Waals surface area contributed by atoms with Crippen molar-refractivity contribution in [3.05, 3.63) is 28.5 Å². The van der Waals surface area contributed by atoms with Gasteiger partial charge in [0.15, 0.2) is 5.69 Å². The third kappa shape index (κ3) is 3.78. The van der Waals surface area contributed by atoms with Crippen molar-refractivity contribution >= 4 is 29.0 Å². The van der Waals surface area contributed by atoms with Crippen molar-refractivity contribution in [2.75, 3.05) is 5.32 Å². The fourth-order valence-corrected chi connectivity index (χ4v) is 2.41. The number of anilines is 1. The van der Waals surface area contributed by atoms with Crippen molar-refractivity contribution in [3.8, 4) is 0 Å². The fourth-order valence-electron chi connectivity index (χ4n) is 1.61. The highest BCUT2D eigenvalue weighted by atomic mass is 32.1. The van der Waals surface area contributed by atoms with Gasteiger partial charge in [0.1, 0.15) is 5.01 Å². The van der Waals surface area contributed by atoms with Crippen LogP contribution in [0.5, 0.6) is 0 Å². The van der Waals surface area contributed by atoms with Crippen molar-refractivity contribution in [1.29, 1.82) is 0 Å². The van der Waals surface area contributed by atoms with Crippen LogP contribution < -0.4 is 10.6 Å². The first-order valence-corrected chi connectivity index (χ1v) is 7.16. The molecular formula is C12H15N5O3S. The maximum absolute atomic E-state index is 11.8. The first-order valence-electron chi connectivity index (χ1n) is 6.28. The van der Waals surface area contributed by atoms with E-state index in [0.717, 1.165) is 6.54 Å². The summed E-state index contributed by atoms with van der Waals surface area (Å²) in [5.41, 5.74) is 0.570. The number of thiazole rings is 1. The molecule has 2 aromatic heterocycles. The summed E-state index contributed by atoms with van der Waals surface area (Å²) >= 11 is 1.19. The Labute approximate surface area is 124 Å². The number of carboxylic acid groups (broad SMARTS) is 1. The van der Waals surface area contributed by atoms with E-state index in [1.54, 1.807) is 24.0 Å². The number of nitrogens with one attached hydrogen (secondary N) is 2. The second-order valence-electron chi connectivity index (χ2n) is 4.28. The lowest BCUT2D eigenvalue weighted by Crippen LogP contribution is -2.31. The number of nitrogens with zero attached hydrogens (tertiary/aromatic N) is 3. The van der Waals surface area contributed by atoms with Gasteiger partial charge in [0.2, 0.25) is 0 Å². The number of carbonyl (C=O) groups excluding carboxylic acids is 1. The SMILES string of the molecule is CCn1cc(NC(=O)NC(C)c2nc(C(=O)O)cs2)cn1. The standard InChI is InChI=1S/C12H15N5O3S/c1-3-17-5-8(4-13-17)15-12(20)14-7(2)10-16-9(6-21-10)11(18)19/h4-7H,3H2,1-2H3,(H,18,19)(H2,14,15,20). The third-order valence-electron chi connectivity index (χ3n) is 2.67. The van der Waals surface area contributed by atoms with Crippen molar-refractivity contribution in [2.45, 2.75) is 26.4 Å². The number of hydrogen-bond donors (Lipinski definition) is 3. The summed E-state index contributed by atoms with van der Waals surface area (Å²) < 4.78 is 1.69. The van der Waals surface area contributed by atoms with E-state index in [2.05, 4.69) is 20.7 Å². The van der Waals surface area contributed by atoms with Gasteiger partial charge < -0.3 is 15.7 Å². The van der Waals surface area contributed by atoms with Crippen LogP contribution in [0.3, 0.4) is 0 Å². The Hall–Kier alpha value is -2.42. The lowest BCUT2D eigenvalue weighted by atomic mass is 10.3. The van der Waals surface area contributed by atoms with Crippen molar-refractivity contribution in [1.82, 2.24) is 20.1 Å². The average Bonchev–Trinajstić information content (AvgIpc) is 3.06. The molecule has 0 bridgehead atoms. The van der Waals surface area contributed by atoms with Crippen LogP contribution >= 0.6 is 11.3 Å². The van der Waals surface area contributed by atoms with Crippen LogP contribution in [0, 0.1) is 0 Å². The molecule has 0 aliphatic carbocycles. The summed E-state index contributed by atoms with van der Waals surface area (Å²) in [6.07, 6.45) is 3.27. The van der Waals surface area contributed by atoms with Gasteiger partial charge in [-0.1, -0.05) is 0 Å². The van der Waals surface area contributed by atoms with Crippen LogP contribution in [-0.2, 0) is 6.54 Å². The Balaban J connectivity index is 1.93. The topological polar surface area (TPSA) is 109 Å². The molecule has 2 amide bonds. The Morgan fingerprint density at radius 1 is 1.52 bits per heavy atom. The summed E-state index contributed by atoms with van der Waals surface area (Å²) in [7, 11) is 0. The van der Waals surface area contributed by atoms with Gasteiger partial charge in [-0.15, -0.1) is 11.3 Å². The number of aromatic nitrogens is 3. The number of urea groups is 1. The van der Waals surface area contributed by atoms with E-state index in [9.17, 15) is 9.59 Å². The highest BCUT2D eigenvalue weighted by Gasteiger charge is 2.16. The Kier molecular flexibility index (Phi) is 4.53. The van der Waals surface area contributed by atoms with Gasteiger partial charge >= 0.3 is 12.0 Å². The molecule has 0 aromatic carbocycles. The maximum Gasteiger partial charge on any atom is 0.355 e. The van der Waals surface area contributed by atoms with E-state index < -0.39 is 12.0 Å². The lowest BCUT2D eigenvalue weighted by Gasteiger charge is -2.11. The predicted octanol–water partition coefficient (Wildman–Crippen LogP) is 1.94. The van der Waals surface area contributed by atoms with Crippen LogP contribution in [0.2, 0.25) is 0 Å². The zero-order chi connectivity index (χ0) is 15.4. The number of amides is 2. The van der Waals surface area contributed by atoms with Crippen LogP contribution in [-0.4, -0.2) is 31.9 Å². The molecule has 0 radical (unpaired) electrons. The fraction of sp³-hybridized carbons (Fsp3) is 0.333. The maximum atomic E-state index is 11.8. The molecule has 0 spiro atoms. The Bertz CT molecular complexity index is 651. The van der Waals surface area contributed by atoms with E-state index in [1.165, 1.54) is 16.7 Å². The van der Waals surface area contributed by atoms with Gasteiger partial charge in [-0.05, 0) is 13.8 Å². The van der Waals surface area contributed by atoms with Crippen molar-refractivity contribution in [3.63, 3.8) is 0 Å². The number of aromatic carboxylic acids is 1. The molecule has 8 nitrogen and oxygen atoms in total. The number of rotatable bonds is 5. The summed E-state index contributed by atoms with van der Waals surface area (Å²) in [6.45, 7) is 4.40. The van der Waals surface area contributed by atoms with Crippen LogP contribution in [0.25, 0.3) is 0 Å². The molecule has 1 atom stereocenters. The lowest BCUT2D eigenvalue weighted by molar-refractivity contribution is 0.0691. The quantitative estimate of drug-likeness (QED) is 0.782. The third-order valence-corrected chi connectivity index (χ3v) is 3.70. The smallest absolute Gasteiger partial charge is 0.355 e. The average molecular weight is 309 g/mol. The number of hydrogen-bond acceptors (Lipinski definition) is 5. The molecular weight excluding hydrogens is 294 g/mol. The van der Waals surface area contributed by atoms with Crippen LogP contribution in [0.4, 0.5) is 10.5 Å². The first kappa shape index (κ1) is 15.0. The van der Waals surface area contributed by atoms with Gasteiger partial charge in [0.25, 0.3) is 0 Å². The molecule has 0 saturated heterocycles. The second kappa shape index (κ2) is 6.35.